The SMILES string of the molecule is CCc1ccc(NC(=O)c2cc(C)ccc2C(=O)O)cc1. The van der Waals surface area contributed by atoms with Gasteiger partial charge in [-0.05, 0) is 43.2 Å². The maximum Gasteiger partial charge on any atom is 0.336 e. The van der Waals surface area contributed by atoms with Crippen LogP contribution in [0.25, 0.3) is 0 Å². The number of benzene rings is 2. The molecule has 0 spiro atoms. The van der Waals surface area contributed by atoms with E-state index >= 15 is 0 Å². The van der Waals surface area contributed by atoms with Gasteiger partial charge in [0.25, 0.3) is 5.91 Å². The number of hydrogen-bond acceptors (Lipinski definition) is 2. The molecule has 0 unspecified atom stereocenters. The van der Waals surface area contributed by atoms with Gasteiger partial charge >= 0.3 is 5.97 Å². The molecule has 0 aromatic heterocycles. The lowest BCUT2D eigenvalue weighted by Crippen LogP contribution is -2.16. The van der Waals surface area contributed by atoms with Crippen LogP contribution in [0.3, 0.4) is 0 Å². The normalized spacial score (nSPS) is 10.2. The lowest BCUT2D eigenvalue weighted by molar-refractivity contribution is 0.0692. The second-order valence-corrected chi connectivity index (χ2v) is 4.86. The highest BCUT2D eigenvalue weighted by Gasteiger charge is 2.16. The van der Waals surface area contributed by atoms with Gasteiger partial charge in [-0.1, -0.05) is 30.7 Å². The van der Waals surface area contributed by atoms with E-state index in [0.29, 0.717) is 5.69 Å². The molecule has 0 bridgehead atoms. The van der Waals surface area contributed by atoms with E-state index < -0.39 is 11.9 Å². The van der Waals surface area contributed by atoms with Crippen molar-refractivity contribution in [3.05, 3.63) is 64.7 Å². The van der Waals surface area contributed by atoms with Crippen LogP contribution in [0, 0.1) is 6.92 Å². The summed E-state index contributed by atoms with van der Waals surface area (Å²) >= 11 is 0. The van der Waals surface area contributed by atoms with Gasteiger partial charge in [0.05, 0.1) is 11.1 Å². The third-order valence-electron chi connectivity index (χ3n) is 3.27. The minimum Gasteiger partial charge on any atom is -0.478 e. The number of carbonyl (C=O) groups excluding carboxylic acids is 1. The lowest BCUT2D eigenvalue weighted by atomic mass is 10.0. The first kappa shape index (κ1) is 14.8. The van der Waals surface area contributed by atoms with Crippen molar-refractivity contribution in [2.75, 3.05) is 5.32 Å². The molecule has 2 aromatic carbocycles. The number of nitrogens with one attached hydrogen (secondary N) is 1. The first-order valence-corrected chi connectivity index (χ1v) is 6.75. The minimum atomic E-state index is -1.11. The highest BCUT2D eigenvalue weighted by Crippen LogP contribution is 2.16. The Balaban J connectivity index is 2.27. The highest BCUT2D eigenvalue weighted by atomic mass is 16.4. The van der Waals surface area contributed by atoms with E-state index in [1.54, 1.807) is 12.1 Å². The fourth-order valence-electron chi connectivity index (χ4n) is 2.05. The third-order valence-corrected chi connectivity index (χ3v) is 3.27. The van der Waals surface area contributed by atoms with E-state index in [4.69, 9.17) is 5.11 Å². The predicted octanol–water partition coefficient (Wildman–Crippen LogP) is 3.51. The van der Waals surface area contributed by atoms with Crippen molar-refractivity contribution >= 4 is 17.6 Å². The average molecular weight is 283 g/mol. The number of anilines is 1. The summed E-state index contributed by atoms with van der Waals surface area (Å²) in [4.78, 5) is 23.5. The monoisotopic (exact) mass is 283 g/mol. The Bertz CT molecular complexity index is 675. The Kier molecular flexibility index (Phi) is 4.38. The molecule has 0 fully saturated rings. The number of carboxylic acids is 1. The van der Waals surface area contributed by atoms with Crippen LogP contribution in [0.15, 0.2) is 42.5 Å². The summed E-state index contributed by atoms with van der Waals surface area (Å²) in [5.74, 6) is -1.53. The van der Waals surface area contributed by atoms with E-state index in [1.807, 2.05) is 31.2 Å². The predicted molar refractivity (Wildman–Crippen MR) is 81.9 cm³/mol. The van der Waals surface area contributed by atoms with Gasteiger partial charge < -0.3 is 10.4 Å². The molecule has 21 heavy (non-hydrogen) atoms. The van der Waals surface area contributed by atoms with Crippen LogP contribution in [-0.2, 0) is 6.42 Å². The minimum absolute atomic E-state index is 0.00304. The van der Waals surface area contributed by atoms with Crippen molar-refractivity contribution in [3.63, 3.8) is 0 Å². The summed E-state index contributed by atoms with van der Waals surface area (Å²) in [5.41, 5.74) is 2.83. The molecule has 0 saturated heterocycles. The molecule has 0 aliphatic carbocycles. The summed E-state index contributed by atoms with van der Waals surface area (Å²) in [6.45, 7) is 3.87. The number of amides is 1. The molecule has 2 rings (SSSR count). The highest BCUT2D eigenvalue weighted by molar-refractivity contribution is 6.10. The van der Waals surface area contributed by atoms with Crippen molar-refractivity contribution in [2.45, 2.75) is 20.3 Å². The number of aromatic carboxylic acids is 1. The van der Waals surface area contributed by atoms with Crippen LogP contribution >= 0.6 is 0 Å². The lowest BCUT2D eigenvalue weighted by Gasteiger charge is -2.09. The molecule has 2 N–H and O–H groups in total. The van der Waals surface area contributed by atoms with E-state index in [0.717, 1.165) is 12.0 Å². The van der Waals surface area contributed by atoms with Crippen LogP contribution in [0.5, 0.6) is 0 Å². The van der Waals surface area contributed by atoms with Crippen molar-refractivity contribution < 1.29 is 14.7 Å². The summed E-state index contributed by atoms with van der Waals surface area (Å²) in [5, 5.41) is 11.9. The first-order valence-electron chi connectivity index (χ1n) is 6.75. The topological polar surface area (TPSA) is 66.4 Å². The Hall–Kier alpha value is -2.62. The van der Waals surface area contributed by atoms with Crippen LogP contribution in [0.2, 0.25) is 0 Å². The molecule has 108 valence electrons. The van der Waals surface area contributed by atoms with Crippen LogP contribution in [-0.4, -0.2) is 17.0 Å². The van der Waals surface area contributed by atoms with Crippen LogP contribution in [0.4, 0.5) is 5.69 Å². The second-order valence-electron chi connectivity index (χ2n) is 4.86. The largest absolute Gasteiger partial charge is 0.478 e. The molecular weight excluding hydrogens is 266 g/mol. The van der Waals surface area contributed by atoms with Gasteiger partial charge in [0.2, 0.25) is 0 Å². The average Bonchev–Trinajstić information content (AvgIpc) is 2.47. The zero-order chi connectivity index (χ0) is 15.4. The van der Waals surface area contributed by atoms with Crippen molar-refractivity contribution in [1.82, 2.24) is 0 Å². The van der Waals surface area contributed by atoms with Gasteiger partial charge in [-0.15, -0.1) is 0 Å². The van der Waals surface area contributed by atoms with Gasteiger partial charge in [-0.25, -0.2) is 4.79 Å². The molecule has 0 aliphatic heterocycles. The number of carboxylic acid groups (broad SMARTS) is 1. The van der Waals surface area contributed by atoms with Gasteiger partial charge in [-0.3, -0.25) is 4.79 Å². The van der Waals surface area contributed by atoms with Gasteiger partial charge in [0.1, 0.15) is 0 Å². The Morgan fingerprint density at radius 1 is 1.05 bits per heavy atom. The number of carbonyl (C=O) groups is 2. The zero-order valence-electron chi connectivity index (χ0n) is 12.0. The van der Waals surface area contributed by atoms with E-state index in [-0.39, 0.29) is 11.1 Å². The second kappa shape index (κ2) is 6.22. The molecule has 4 nitrogen and oxygen atoms in total. The molecule has 2 aromatic rings. The molecule has 0 heterocycles. The Morgan fingerprint density at radius 3 is 2.29 bits per heavy atom. The van der Waals surface area contributed by atoms with Crippen LogP contribution in [0.1, 0.15) is 38.8 Å². The number of rotatable bonds is 4. The molecule has 4 heteroatoms. The third kappa shape index (κ3) is 3.48. The maximum atomic E-state index is 12.3. The summed E-state index contributed by atoms with van der Waals surface area (Å²) < 4.78 is 0. The Morgan fingerprint density at radius 2 is 1.71 bits per heavy atom. The first-order chi connectivity index (χ1) is 10.0. The molecule has 0 radical (unpaired) electrons. The van der Waals surface area contributed by atoms with Gasteiger partial charge in [0, 0.05) is 5.69 Å². The number of hydrogen-bond donors (Lipinski definition) is 2. The fourth-order valence-corrected chi connectivity index (χ4v) is 2.05. The summed E-state index contributed by atoms with van der Waals surface area (Å²) in [6, 6.07) is 12.2. The molecule has 0 aliphatic rings. The number of aryl methyl sites for hydroxylation is 2. The van der Waals surface area contributed by atoms with Gasteiger partial charge in [0.15, 0.2) is 0 Å². The van der Waals surface area contributed by atoms with Crippen LogP contribution < -0.4 is 5.32 Å². The van der Waals surface area contributed by atoms with E-state index in [2.05, 4.69) is 12.2 Å². The quantitative estimate of drug-likeness (QED) is 0.902. The smallest absolute Gasteiger partial charge is 0.336 e. The summed E-state index contributed by atoms with van der Waals surface area (Å²) in [7, 11) is 0. The molecule has 0 saturated carbocycles. The zero-order valence-corrected chi connectivity index (χ0v) is 12.0. The molecule has 0 atom stereocenters. The van der Waals surface area contributed by atoms with Crippen molar-refractivity contribution in [3.8, 4) is 0 Å². The molecular formula is C17H17NO3. The molecule has 1 amide bonds. The Labute approximate surface area is 123 Å². The van der Waals surface area contributed by atoms with Crippen molar-refractivity contribution in [1.29, 1.82) is 0 Å². The standard InChI is InChI=1S/C17H17NO3/c1-3-12-5-7-13(8-6-12)18-16(19)15-10-11(2)4-9-14(15)17(20)21/h4-10H,3H2,1-2H3,(H,18,19)(H,20,21). The fraction of sp³-hybridized carbons (Fsp3) is 0.176. The van der Waals surface area contributed by atoms with E-state index in [1.165, 1.54) is 11.6 Å². The van der Waals surface area contributed by atoms with E-state index in [9.17, 15) is 9.59 Å². The maximum absolute atomic E-state index is 12.3. The summed E-state index contributed by atoms with van der Waals surface area (Å²) in [6.07, 6.45) is 0.926. The van der Waals surface area contributed by atoms with Crippen molar-refractivity contribution in [2.24, 2.45) is 0 Å². The van der Waals surface area contributed by atoms with Gasteiger partial charge in [-0.2, -0.15) is 0 Å².